The minimum atomic E-state index is -3.56. The van der Waals surface area contributed by atoms with Crippen molar-refractivity contribution in [2.45, 2.75) is 48.5 Å². The molecule has 0 unspecified atom stereocenters. The molecule has 0 radical (unpaired) electrons. The van der Waals surface area contributed by atoms with Crippen molar-refractivity contribution in [2.24, 2.45) is 0 Å². The van der Waals surface area contributed by atoms with Crippen LogP contribution in [0.1, 0.15) is 37.7 Å². The number of hydrogen-bond donors (Lipinski definition) is 1. The Morgan fingerprint density at radius 3 is 2.17 bits per heavy atom. The molecule has 7 heteroatoms. The fourth-order valence-corrected chi connectivity index (χ4v) is 5.64. The normalized spacial score (nSPS) is 19.6. The molecule has 1 aliphatic heterocycles. The number of carbonyl (C=O) groups is 1. The van der Waals surface area contributed by atoms with Crippen molar-refractivity contribution >= 4 is 15.9 Å². The summed E-state index contributed by atoms with van der Waals surface area (Å²) in [5, 5.41) is 0. The van der Waals surface area contributed by atoms with Crippen molar-refractivity contribution in [3.63, 3.8) is 0 Å². The van der Waals surface area contributed by atoms with Gasteiger partial charge in [-0.3, -0.25) is 4.79 Å². The van der Waals surface area contributed by atoms with Crippen molar-refractivity contribution in [3.05, 3.63) is 66.0 Å². The number of nitrogens with zero attached hydrogens (tertiary/aromatic N) is 1. The molecular formula is C22H25FN2O3S. The number of carbonyl (C=O) groups excluding carboxylic acids is 1. The van der Waals surface area contributed by atoms with Crippen LogP contribution in [-0.2, 0) is 20.2 Å². The number of likely N-dealkylation sites (tertiary alicyclic amines) is 1. The van der Waals surface area contributed by atoms with Gasteiger partial charge in [0.05, 0.1) is 10.3 Å². The molecule has 1 N–H and O–H groups in total. The smallest absolute Gasteiger partial charge is 0.240 e. The molecule has 1 saturated heterocycles. The number of nitrogens with one attached hydrogen (secondary N) is 1. The van der Waals surface area contributed by atoms with Crippen LogP contribution in [0.3, 0.4) is 0 Å². The van der Waals surface area contributed by atoms with Gasteiger partial charge in [-0.05, 0) is 55.5 Å². The van der Waals surface area contributed by atoms with Gasteiger partial charge in [0.2, 0.25) is 15.9 Å². The van der Waals surface area contributed by atoms with Gasteiger partial charge in [-0.2, -0.15) is 0 Å². The fourth-order valence-electron chi connectivity index (χ4n) is 4.32. The quantitative estimate of drug-likeness (QED) is 0.814. The second-order valence-electron chi connectivity index (χ2n) is 7.94. The molecule has 29 heavy (non-hydrogen) atoms. The predicted octanol–water partition coefficient (Wildman–Crippen LogP) is 3.22. The minimum Gasteiger partial charge on any atom is -0.342 e. The number of halogens is 1. The molecule has 4 rings (SSSR count). The van der Waals surface area contributed by atoms with Gasteiger partial charge in [0, 0.05) is 19.1 Å². The molecule has 2 aromatic rings. The highest BCUT2D eigenvalue weighted by molar-refractivity contribution is 7.89. The second-order valence-corrected chi connectivity index (χ2v) is 9.66. The number of benzene rings is 2. The van der Waals surface area contributed by atoms with Crippen molar-refractivity contribution < 1.29 is 17.6 Å². The van der Waals surface area contributed by atoms with E-state index >= 15 is 0 Å². The summed E-state index contributed by atoms with van der Waals surface area (Å²) >= 11 is 0. The largest absolute Gasteiger partial charge is 0.342 e. The van der Waals surface area contributed by atoms with Gasteiger partial charge in [-0.25, -0.2) is 17.5 Å². The number of piperidine rings is 1. The predicted molar refractivity (Wildman–Crippen MR) is 108 cm³/mol. The second kappa shape index (κ2) is 7.88. The molecule has 154 valence electrons. The molecule has 1 heterocycles. The Hall–Kier alpha value is -2.25. The summed E-state index contributed by atoms with van der Waals surface area (Å²) < 4.78 is 41.1. The number of amides is 1. The molecule has 1 saturated carbocycles. The summed E-state index contributed by atoms with van der Waals surface area (Å²) in [6, 6.07) is 14.4. The maximum absolute atomic E-state index is 13.3. The van der Waals surface area contributed by atoms with Gasteiger partial charge in [0.25, 0.3) is 0 Å². The highest BCUT2D eigenvalue weighted by Crippen LogP contribution is 2.45. The molecule has 2 aromatic carbocycles. The fraction of sp³-hybridized carbons (Fsp3) is 0.409. The summed E-state index contributed by atoms with van der Waals surface area (Å²) in [6.07, 6.45) is 3.70. The first-order chi connectivity index (χ1) is 13.9. The first-order valence-corrected chi connectivity index (χ1v) is 11.5. The van der Waals surface area contributed by atoms with Crippen molar-refractivity contribution in [1.82, 2.24) is 9.62 Å². The zero-order valence-corrected chi connectivity index (χ0v) is 17.0. The summed E-state index contributed by atoms with van der Waals surface area (Å²) in [7, 11) is -3.56. The van der Waals surface area contributed by atoms with Crippen molar-refractivity contribution in [1.29, 1.82) is 0 Å². The average Bonchev–Trinajstić information content (AvgIpc) is 2.69. The minimum absolute atomic E-state index is 0.0831. The van der Waals surface area contributed by atoms with Crippen LogP contribution in [0.5, 0.6) is 0 Å². The molecule has 0 atom stereocenters. The van der Waals surface area contributed by atoms with Crippen LogP contribution in [0, 0.1) is 5.82 Å². The Labute approximate surface area is 171 Å². The van der Waals surface area contributed by atoms with E-state index in [1.54, 1.807) is 42.5 Å². The van der Waals surface area contributed by atoms with E-state index in [0.717, 1.165) is 24.8 Å². The monoisotopic (exact) mass is 416 g/mol. The van der Waals surface area contributed by atoms with Crippen LogP contribution in [0.25, 0.3) is 0 Å². The molecule has 1 amide bonds. The maximum atomic E-state index is 13.3. The molecule has 0 aromatic heterocycles. The molecule has 2 aliphatic rings. The average molecular weight is 417 g/mol. The van der Waals surface area contributed by atoms with Gasteiger partial charge in [-0.15, -0.1) is 0 Å². The lowest BCUT2D eigenvalue weighted by Gasteiger charge is -2.45. The standard InChI is InChI=1S/C22H25FN2O3S/c23-18-9-7-17(8-10-18)22(13-4-14-22)21(26)25-15-11-19(12-16-25)24-29(27,28)20-5-2-1-3-6-20/h1-3,5-10,19,24H,4,11-16H2. The lowest BCUT2D eigenvalue weighted by Crippen LogP contribution is -2.54. The van der Waals surface area contributed by atoms with E-state index < -0.39 is 15.4 Å². The maximum Gasteiger partial charge on any atom is 0.240 e. The Bertz CT molecular complexity index is 965. The topological polar surface area (TPSA) is 66.5 Å². The Balaban J connectivity index is 1.40. The molecule has 0 bridgehead atoms. The molecule has 2 fully saturated rings. The first kappa shape index (κ1) is 20.0. The van der Waals surface area contributed by atoms with E-state index in [-0.39, 0.29) is 22.7 Å². The van der Waals surface area contributed by atoms with Crippen LogP contribution < -0.4 is 4.72 Å². The Morgan fingerprint density at radius 1 is 1.00 bits per heavy atom. The van der Waals surface area contributed by atoms with Gasteiger partial charge >= 0.3 is 0 Å². The van der Waals surface area contributed by atoms with E-state index in [2.05, 4.69) is 4.72 Å². The van der Waals surface area contributed by atoms with E-state index in [0.29, 0.717) is 25.9 Å². The number of rotatable bonds is 5. The van der Waals surface area contributed by atoms with E-state index in [1.165, 1.54) is 12.1 Å². The SMILES string of the molecule is O=C(N1CCC(NS(=O)(=O)c2ccccc2)CC1)C1(c2ccc(F)cc2)CCC1. The van der Waals surface area contributed by atoms with Gasteiger partial charge in [-0.1, -0.05) is 36.8 Å². The highest BCUT2D eigenvalue weighted by Gasteiger charge is 2.48. The lowest BCUT2D eigenvalue weighted by atomic mass is 9.63. The molecule has 5 nitrogen and oxygen atoms in total. The Kier molecular flexibility index (Phi) is 5.44. The van der Waals surface area contributed by atoms with Crippen molar-refractivity contribution in [2.75, 3.05) is 13.1 Å². The third kappa shape index (κ3) is 3.94. The van der Waals surface area contributed by atoms with E-state index in [1.807, 2.05) is 4.90 Å². The lowest BCUT2D eigenvalue weighted by molar-refractivity contribution is -0.142. The zero-order chi connectivity index (χ0) is 20.5. The first-order valence-electron chi connectivity index (χ1n) is 10.0. The highest BCUT2D eigenvalue weighted by atomic mass is 32.2. The summed E-state index contributed by atoms with van der Waals surface area (Å²) in [5.74, 6) is -0.220. The van der Waals surface area contributed by atoms with E-state index in [9.17, 15) is 17.6 Å². The van der Waals surface area contributed by atoms with E-state index in [4.69, 9.17) is 0 Å². The summed E-state index contributed by atoms with van der Waals surface area (Å²) in [6.45, 7) is 1.04. The third-order valence-corrected chi connectivity index (χ3v) is 7.71. The summed E-state index contributed by atoms with van der Waals surface area (Å²) in [5.41, 5.74) is 0.325. The summed E-state index contributed by atoms with van der Waals surface area (Å²) in [4.78, 5) is 15.4. The van der Waals surface area contributed by atoms with Crippen LogP contribution >= 0.6 is 0 Å². The van der Waals surface area contributed by atoms with Gasteiger partial charge in [0.1, 0.15) is 5.82 Å². The van der Waals surface area contributed by atoms with Gasteiger partial charge < -0.3 is 4.90 Å². The molecular weight excluding hydrogens is 391 g/mol. The number of hydrogen-bond acceptors (Lipinski definition) is 3. The third-order valence-electron chi connectivity index (χ3n) is 6.17. The van der Waals surface area contributed by atoms with Gasteiger partial charge in [0.15, 0.2) is 0 Å². The van der Waals surface area contributed by atoms with Crippen LogP contribution in [0.4, 0.5) is 4.39 Å². The molecule has 1 aliphatic carbocycles. The molecule has 0 spiro atoms. The van der Waals surface area contributed by atoms with Crippen LogP contribution in [-0.4, -0.2) is 38.4 Å². The number of sulfonamides is 1. The van der Waals surface area contributed by atoms with Crippen LogP contribution in [0.2, 0.25) is 0 Å². The van der Waals surface area contributed by atoms with Crippen LogP contribution in [0.15, 0.2) is 59.5 Å². The van der Waals surface area contributed by atoms with Crippen molar-refractivity contribution in [3.8, 4) is 0 Å². The Morgan fingerprint density at radius 2 is 1.62 bits per heavy atom. The zero-order valence-electron chi connectivity index (χ0n) is 16.2.